The maximum absolute atomic E-state index is 12.4. The zero-order chi connectivity index (χ0) is 16.2. The van der Waals surface area contributed by atoms with Gasteiger partial charge in [-0.2, -0.15) is 0 Å². The number of carbonyl (C=O) groups is 1. The van der Waals surface area contributed by atoms with Gasteiger partial charge in [0.1, 0.15) is 5.60 Å². The summed E-state index contributed by atoms with van der Waals surface area (Å²) in [5.74, 6) is 0. The van der Waals surface area contributed by atoms with E-state index < -0.39 is 5.60 Å². The minimum atomic E-state index is -0.442. The van der Waals surface area contributed by atoms with E-state index in [4.69, 9.17) is 4.74 Å². The number of rotatable bonds is 4. The second-order valence-corrected chi connectivity index (χ2v) is 7.78. The van der Waals surface area contributed by atoms with E-state index in [1.807, 2.05) is 37.4 Å². The molecule has 1 aromatic rings. The van der Waals surface area contributed by atoms with E-state index in [9.17, 15) is 4.79 Å². The van der Waals surface area contributed by atoms with Crippen molar-refractivity contribution in [3.8, 4) is 0 Å². The fourth-order valence-corrected chi connectivity index (χ4v) is 3.28. The molecule has 2 unspecified atom stereocenters. The minimum absolute atomic E-state index is 0.190. The number of carbonyl (C=O) groups excluding carboxylic acids is 1. The Morgan fingerprint density at radius 3 is 2.95 bits per heavy atom. The lowest BCUT2D eigenvalue weighted by molar-refractivity contribution is 0.00971. The number of aromatic nitrogens is 1. The van der Waals surface area contributed by atoms with E-state index in [2.05, 4.69) is 17.2 Å². The molecule has 1 aromatic heterocycles. The quantitative estimate of drug-likeness (QED) is 0.919. The summed E-state index contributed by atoms with van der Waals surface area (Å²) in [6.07, 6.45) is 4.96. The molecule has 0 saturated carbocycles. The molecule has 6 heteroatoms. The van der Waals surface area contributed by atoms with E-state index in [0.29, 0.717) is 0 Å². The van der Waals surface area contributed by atoms with Crippen molar-refractivity contribution < 1.29 is 9.53 Å². The fourth-order valence-electron chi connectivity index (χ4n) is 2.63. The number of nitrogens with one attached hydrogen (secondary N) is 1. The van der Waals surface area contributed by atoms with Crippen LogP contribution in [0.4, 0.5) is 4.79 Å². The van der Waals surface area contributed by atoms with Crippen molar-refractivity contribution in [2.75, 3.05) is 13.1 Å². The van der Waals surface area contributed by atoms with Crippen LogP contribution in [0.2, 0.25) is 0 Å². The van der Waals surface area contributed by atoms with Crippen molar-refractivity contribution in [2.24, 2.45) is 0 Å². The van der Waals surface area contributed by atoms with Crippen molar-refractivity contribution in [1.29, 1.82) is 0 Å². The predicted molar refractivity (Wildman–Crippen MR) is 89.1 cm³/mol. The number of amides is 1. The summed E-state index contributed by atoms with van der Waals surface area (Å²) < 4.78 is 5.54. The van der Waals surface area contributed by atoms with Crippen LogP contribution in [0.3, 0.4) is 0 Å². The van der Waals surface area contributed by atoms with Gasteiger partial charge in [-0.25, -0.2) is 4.79 Å². The molecular weight excluding hydrogens is 298 g/mol. The molecule has 1 aliphatic heterocycles. The molecule has 0 bridgehead atoms. The van der Waals surface area contributed by atoms with Crippen LogP contribution >= 0.6 is 11.3 Å². The van der Waals surface area contributed by atoms with Crippen molar-refractivity contribution in [1.82, 2.24) is 15.2 Å². The largest absolute Gasteiger partial charge is 0.444 e. The highest BCUT2D eigenvalue weighted by atomic mass is 32.1. The SMILES string of the molecule is CC(NCC1CCCCN1C(=O)OC(C)(C)C)c1cncs1. The van der Waals surface area contributed by atoms with E-state index in [1.54, 1.807) is 11.3 Å². The molecule has 5 nitrogen and oxygen atoms in total. The van der Waals surface area contributed by atoms with Gasteiger partial charge in [0.05, 0.1) is 5.51 Å². The van der Waals surface area contributed by atoms with Gasteiger partial charge in [0.15, 0.2) is 0 Å². The van der Waals surface area contributed by atoms with E-state index in [1.165, 1.54) is 11.3 Å². The van der Waals surface area contributed by atoms with Crippen LogP contribution in [0.15, 0.2) is 11.7 Å². The van der Waals surface area contributed by atoms with Gasteiger partial charge in [0.2, 0.25) is 0 Å². The first-order valence-electron chi connectivity index (χ1n) is 7.98. The van der Waals surface area contributed by atoms with Crippen molar-refractivity contribution >= 4 is 17.4 Å². The number of hydrogen-bond donors (Lipinski definition) is 1. The van der Waals surface area contributed by atoms with E-state index in [-0.39, 0.29) is 18.2 Å². The van der Waals surface area contributed by atoms with Crippen molar-refractivity contribution in [2.45, 2.75) is 64.6 Å². The monoisotopic (exact) mass is 325 g/mol. The Morgan fingerprint density at radius 2 is 2.32 bits per heavy atom. The molecule has 2 rings (SSSR count). The maximum atomic E-state index is 12.4. The molecule has 2 atom stereocenters. The highest BCUT2D eigenvalue weighted by Gasteiger charge is 2.30. The van der Waals surface area contributed by atoms with Crippen molar-refractivity contribution in [3.63, 3.8) is 0 Å². The lowest BCUT2D eigenvalue weighted by Crippen LogP contribution is -2.50. The second kappa shape index (κ2) is 7.42. The first-order valence-corrected chi connectivity index (χ1v) is 8.86. The minimum Gasteiger partial charge on any atom is -0.444 e. The first kappa shape index (κ1) is 17.2. The van der Waals surface area contributed by atoms with Gasteiger partial charge in [0, 0.05) is 36.2 Å². The molecule has 22 heavy (non-hydrogen) atoms. The predicted octanol–water partition coefficient (Wildman–Crippen LogP) is 3.58. The van der Waals surface area contributed by atoms with Gasteiger partial charge in [-0.05, 0) is 47.0 Å². The van der Waals surface area contributed by atoms with Crippen LogP contribution in [-0.4, -0.2) is 40.7 Å². The molecule has 1 fully saturated rings. The maximum Gasteiger partial charge on any atom is 0.410 e. The zero-order valence-electron chi connectivity index (χ0n) is 14.0. The number of thiazole rings is 1. The molecule has 0 aliphatic carbocycles. The fraction of sp³-hybridized carbons (Fsp3) is 0.750. The van der Waals surface area contributed by atoms with Gasteiger partial charge >= 0.3 is 6.09 Å². The van der Waals surface area contributed by atoms with Gasteiger partial charge in [-0.1, -0.05) is 0 Å². The Hall–Kier alpha value is -1.14. The van der Waals surface area contributed by atoms with E-state index >= 15 is 0 Å². The highest BCUT2D eigenvalue weighted by Crippen LogP contribution is 2.22. The molecule has 1 N–H and O–H groups in total. The third-order valence-electron chi connectivity index (χ3n) is 3.79. The number of hydrogen-bond acceptors (Lipinski definition) is 5. The van der Waals surface area contributed by atoms with Crippen LogP contribution in [0.5, 0.6) is 0 Å². The molecule has 0 aromatic carbocycles. The summed E-state index contributed by atoms with van der Waals surface area (Å²) in [5.41, 5.74) is 1.41. The molecule has 1 saturated heterocycles. The summed E-state index contributed by atoms with van der Waals surface area (Å²) in [7, 11) is 0. The van der Waals surface area contributed by atoms with Gasteiger partial charge in [-0.15, -0.1) is 11.3 Å². The van der Waals surface area contributed by atoms with Crippen LogP contribution in [0, 0.1) is 0 Å². The van der Waals surface area contributed by atoms with Crippen LogP contribution in [-0.2, 0) is 4.74 Å². The van der Waals surface area contributed by atoms with Gasteiger partial charge < -0.3 is 15.0 Å². The van der Waals surface area contributed by atoms with Crippen LogP contribution in [0.1, 0.15) is 57.9 Å². The third-order valence-corrected chi connectivity index (χ3v) is 4.75. The summed E-state index contributed by atoms with van der Waals surface area (Å²) in [4.78, 5) is 19.6. The topological polar surface area (TPSA) is 54.5 Å². The second-order valence-electron chi connectivity index (χ2n) is 6.86. The highest BCUT2D eigenvalue weighted by molar-refractivity contribution is 7.09. The molecule has 1 amide bonds. The average Bonchev–Trinajstić information content (AvgIpc) is 2.97. The standard InChI is InChI=1S/C16H27N3O2S/c1-12(14-10-17-11-22-14)18-9-13-7-5-6-8-19(13)15(20)21-16(2,3)4/h10-13,18H,5-9H2,1-4H3. The summed E-state index contributed by atoms with van der Waals surface area (Å²) >= 11 is 1.65. The van der Waals surface area contributed by atoms with Crippen molar-refractivity contribution in [3.05, 3.63) is 16.6 Å². The Bertz CT molecular complexity index is 470. The molecule has 0 spiro atoms. The van der Waals surface area contributed by atoms with Gasteiger partial charge in [0.25, 0.3) is 0 Å². The summed E-state index contributed by atoms with van der Waals surface area (Å²) in [6.45, 7) is 9.44. The number of likely N-dealkylation sites (tertiary alicyclic amines) is 1. The van der Waals surface area contributed by atoms with Gasteiger partial charge in [-0.3, -0.25) is 4.98 Å². The summed E-state index contributed by atoms with van der Waals surface area (Å²) in [6, 6.07) is 0.467. The molecule has 1 aliphatic rings. The molecule has 2 heterocycles. The normalized spacial score (nSPS) is 20.7. The third kappa shape index (κ3) is 4.95. The van der Waals surface area contributed by atoms with Crippen LogP contribution in [0.25, 0.3) is 0 Å². The smallest absolute Gasteiger partial charge is 0.410 e. The first-order chi connectivity index (χ1) is 10.4. The van der Waals surface area contributed by atoms with Crippen LogP contribution < -0.4 is 5.32 Å². The number of ether oxygens (including phenoxy) is 1. The Balaban J connectivity index is 1.90. The molecular formula is C16H27N3O2S. The molecule has 124 valence electrons. The molecule has 0 radical (unpaired) electrons. The Labute approximate surface area is 137 Å². The zero-order valence-corrected chi connectivity index (χ0v) is 14.8. The Kier molecular flexibility index (Phi) is 5.81. The number of piperidine rings is 1. The lowest BCUT2D eigenvalue weighted by Gasteiger charge is -2.37. The average molecular weight is 325 g/mol. The lowest BCUT2D eigenvalue weighted by atomic mass is 10.0. The van der Waals surface area contributed by atoms with E-state index in [0.717, 1.165) is 25.9 Å². The Morgan fingerprint density at radius 1 is 1.55 bits per heavy atom. The summed E-state index contributed by atoms with van der Waals surface area (Å²) in [5, 5.41) is 3.52. The number of nitrogens with zero attached hydrogens (tertiary/aromatic N) is 2.